The summed E-state index contributed by atoms with van der Waals surface area (Å²) in [5, 5.41) is 11.3. The highest BCUT2D eigenvalue weighted by atomic mass is 32.2. The van der Waals surface area contributed by atoms with E-state index >= 15 is 0 Å². The van der Waals surface area contributed by atoms with E-state index in [1.807, 2.05) is 85.8 Å². The summed E-state index contributed by atoms with van der Waals surface area (Å²) in [6.45, 7) is 1.85. The van der Waals surface area contributed by atoms with Gasteiger partial charge in [0.15, 0.2) is 0 Å². The summed E-state index contributed by atoms with van der Waals surface area (Å²) in [5.41, 5.74) is 0.903. The molecule has 0 spiro atoms. The lowest BCUT2D eigenvalue weighted by Crippen LogP contribution is -2.22. The number of aliphatic hydroxyl groups is 1. The second-order valence-electron chi connectivity index (χ2n) is 5.77. The van der Waals surface area contributed by atoms with Gasteiger partial charge in [-0.3, -0.25) is 0 Å². The minimum Gasteiger partial charge on any atom is -0.380 e. The molecule has 0 aromatic heterocycles. The normalized spacial score (nSPS) is 14.2. The lowest BCUT2D eigenvalue weighted by Gasteiger charge is -2.27. The Morgan fingerprint density at radius 3 is 1.88 bits per heavy atom. The molecule has 1 nitrogen and oxygen atoms in total. The second-order valence-corrected chi connectivity index (χ2v) is 6.89. The summed E-state index contributed by atoms with van der Waals surface area (Å²) >= 11 is 1.60. The first-order valence-corrected chi connectivity index (χ1v) is 8.76. The molecule has 2 heteroatoms. The van der Waals surface area contributed by atoms with Crippen LogP contribution >= 0.6 is 11.8 Å². The van der Waals surface area contributed by atoms with E-state index in [-0.39, 0.29) is 0 Å². The molecule has 0 bridgehead atoms. The maximum absolute atomic E-state index is 11.3. The van der Waals surface area contributed by atoms with Crippen molar-refractivity contribution >= 4 is 17.8 Å². The van der Waals surface area contributed by atoms with Crippen LogP contribution < -0.4 is 0 Å². The van der Waals surface area contributed by atoms with E-state index in [0.717, 1.165) is 20.9 Å². The summed E-state index contributed by atoms with van der Waals surface area (Å²) < 4.78 is 0. The Balaban J connectivity index is 2.03. The maximum Gasteiger partial charge on any atom is 0.118 e. The van der Waals surface area contributed by atoms with Gasteiger partial charge in [0.25, 0.3) is 0 Å². The van der Waals surface area contributed by atoms with Crippen LogP contribution in [-0.2, 0) is 5.60 Å². The van der Waals surface area contributed by atoms with Crippen LogP contribution in [0.15, 0.2) is 101 Å². The van der Waals surface area contributed by atoms with Gasteiger partial charge in [0.05, 0.1) is 0 Å². The van der Waals surface area contributed by atoms with Crippen LogP contribution in [0.25, 0.3) is 6.08 Å². The zero-order chi connectivity index (χ0) is 16.8. The predicted molar refractivity (Wildman–Crippen MR) is 103 cm³/mol. The van der Waals surface area contributed by atoms with Gasteiger partial charge in [0.1, 0.15) is 5.60 Å². The molecule has 0 aliphatic heterocycles. The molecule has 0 heterocycles. The van der Waals surface area contributed by atoms with Crippen molar-refractivity contribution in [3.05, 3.63) is 107 Å². The van der Waals surface area contributed by atoms with Crippen molar-refractivity contribution < 1.29 is 5.11 Å². The van der Waals surface area contributed by atoms with E-state index in [1.54, 1.807) is 11.8 Å². The predicted octanol–water partition coefficient (Wildman–Crippen LogP) is 5.73. The molecule has 3 rings (SSSR count). The largest absolute Gasteiger partial charge is 0.380 e. The number of hydrogen-bond donors (Lipinski definition) is 1. The fourth-order valence-corrected chi connectivity index (χ4v) is 3.55. The molecular weight excluding hydrogens is 312 g/mol. The fourth-order valence-electron chi connectivity index (χ4n) is 2.49. The molecule has 0 saturated carbocycles. The van der Waals surface area contributed by atoms with Crippen molar-refractivity contribution in [2.45, 2.75) is 17.4 Å². The molecule has 24 heavy (non-hydrogen) atoms. The zero-order valence-corrected chi connectivity index (χ0v) is 14.4. The summed E-state index contributed by atoms with van der Waals surface area (Å²) in [7, 11) is 0. The van der Waals surface area contributed by atoms with Crippen molar-refractivity contribution in [1.29, 1.82) is 0 Å². The van der Waals surface area contributed by atoms with Gasteiger partial charge in [-0.1, -0.05) is 90.6 Å². The van der Waals surface area contributed by atoms with E-state index in [2.05, 4.69) is 18.2 Å². The van der Waals surface area contributed by atoms with E-state index in [4.69, 9.17) is 0 Å². The summed E-state index contributed by atoms with van der Waals surface area (Å²) in [6, 6.07) is 30.1. The van der Waals surface area contributed by atoms with Gasteiger partial charge in [-0.2, -0.15) is 0 Å². The third-order valence-corrected chi connectivity index (χ3v) is 5.13. The zero-order valence-electron chi connectivity index (χ0n) is 13.6. The average molecular weight is 332 g/mol. The minimum absolute atomic E-state index is 0.885. The lowest BCUT2D eigenvalue weighted by atomic mass is 9.94. The monoisotopic (exact) mass is 332 g/mol. The Labute approximate surface area is 147 Å². The van der Waals surface area contributed by atoms with E-state index < -0.39 is 5.60 Å². The van der Waals surface area contributed by atoms with Gasteiger partial charge < -0.3 is 5.11 Å². The van der Waals surface area contributed by atoms with Crippen molar-refractivity contribution in [2.75, 3.05) is 0 Å². The van der Waals surface area contributed by atoms with Crippen LogP contribution in [0, 0.1) is 0 Å². The number of rotatable bonds is 5. The van der Waals surface area contributed by atoms with Crippen molar-refractivity contribution in [3.8, 4) is 0 Å². The molecule has 3 aromatic rings. The molecule has 1 N–H and O–H groups in total. The minimum atomic E-state index is -1.06. The van der Waals surface area contributed by atoms with Crippen LogP contribution in [0.2, 0.25) is 0 Å². The van der Waals surface area contributed by atoms with Gasteiger partial charge in [-0.25, -0.2) is 0 Å². The second kappa shape index (κ2) is 7.52. The molecule has 3 aromatic carbocycles. The summed E-state index contributed by atoms with van der Waals surface area (Å²) in [4.78, 5) is 2.00. The molecule has 0 saturated heterocycles. The smallest absolute Gasteiger partial charge is 0.118 e. The van der Waals surface area contributed by atoms with Crippen molar-refractivity contribution in [3.63, 3.8) is 0 Å². The number of benzene rings is 3. The molecule has 0 aliphatic rings. The topological polar surface area (TPSA) is 20.2 Å². The third-order valence-electron chi connectivity index (χ3n) is 3.88. The molecule has 0 radical (unpaired) electrons. The first kappa shape index (κ1) is 16.6. The number of thioether (sulfide) groups is 1. The Hall–Kier alpha value is -2.29. The standard InChI is InChI=1S/C22H20OS/c1-22(23,19-13-7-3-8-14-19)21(17-18-11-5-2-6-12-18)24-20-15-9-4-10-16-20/h2-17,23H,1H3/b21-17-. The highest BCUT2D eigenvalue weighted by Gasteiger charge is 2.28. The van der Waals surface area contributed by atoms with Crippen LogP contribution in [0.4, 0.5) is 0 Å². The van der Waals surface area contributed by atoms with Crippen LogP contribution in [-0.4, -0.2) is 5.11 Å². The van der Waals surface area contributed by atoms with Gasteiger partial charge in [-0.15, -0.1) is 0 Å². The molecular formula is C22H20OS. The Morgan fingerprint density at radius 2 is 1.29 bits per heavy atom. The van der Waals surface area contributed by atoms with E-state index in [0.29, 0.717) is 0 Å². The van der Waals surface area contributed by atoms with Gasteiger partial charge in [0.2, 0.25) is 0 Å². The molecule has 0 amide bonds. The van der Waals surface area contributed by atoms with Crippen LogP contribution in [0.3, 0.4) is 0 Å². The van der Waals surface area contributed by atoms with Gasteiger partial charge >= 0.3 is 0 Å². The third kappa shape index (κ3) is 3.97. The van der Waals surface area contributed by atoms with Crippen molar-refractivity contribution in [2.24, 2.45) is 0 Å². The SMILES string of the molecule is CC(O)(/C(=C/c1ccccc1)Sc1ccccc1)c1ccccc1. The number of hydrogen-bond acceptors (Lipinski definition) is 2. The molecule has 1 atom stereocenters. The molecule has 1 unspecified atom stereocenters. The van der Waals surface area contributed by atoms with E-state index in [9.17, 15) is 5.11 Å². The van der Waals surface area contributed by atoms with Gasteiger partial charge in [-0.05, 0) is 36.3 Å². The van der Waals surface area contributed by atoms with Crippen LogP contribution in [0.1, 0.15) is 18.1 Å². The Bertz CT molecular complexity index is 793. The Morgan fingerprint density at radius 1 is 0.792 bits per heavy atom. The highest BCUT2D eigenvalue weighted by Crippen LogP contribution is 2.41. The maximum atomic E-state index is 11.3. The summed E-state index contributed by atoms with van der Waals surface area (Å²) in [5.74, 6) is 0. The summed E-state index contributed by atoms with van der Waals surface area (Å²) in [6.07, 6.45) is 2.06. The highest BCUT2D eigenvalue weighted by molar-refractivity contribution is 8.03. The lowest BCUT2D eigenvalue weighted by molar-refractivity contribution is 0.108. The first-order valence-electron chi connectivity index (χ1n) is 7.94. The fraction of sp³-hybridized carbons (Fsp3) is 0.0909. The average Bonchev–Trinajstić information content (AvgIpc) is 2.64. The molecule has 120 valence electrons. The first-order chi connectivity index (χ1) is 11.7. The quantitative estimate of drug-likeness (QED) is 0.602. The van der Waals surface area contributed by atoms with E-state index in [1.165, 1.54) is 0 Å². The molecule has 0 aliphatic carbocycles. The van der Waals surface area contributed by atoms with Gasteiger partial charge in [0, 0.05) is 9.80 Å². The van der Waals surface area contributed by atoms with Crippen LogP contribution in [0.5, 0.6) is 0 Å². The Kier molecular flexibility index (Phi) is 5.19. The van der Waals surface area contributed by atoms with Crippen molar-refractivity contribution in [1.82, 2.24) is 0 Å². The molecule has 0 fully saturated rings.